The van der Waals surface area contributed by atoms with Gasteiger partial charge in [0.2, 0.25) is 0 Å². The smallest absolute Gasteiger partial charge is 0.338 e. The van der Waals surface area contributed by atoms with E-state index in [0.717, 1.165) is 38.5 Å². The molecule has 4 nitrogen and oxygen atoms in total. The molecule has 0 fully saturated rings. The summed E-state index contributed by atoms with van der Waals surface area (Å²) in [4.78, 5) is 24.1. The van der Waals surface area contributed by atoms with Crippen LogP contribution in [0.4, 0.5) is 0 Å². The van der Waals surface area contributed by atoms with Crippen LogP contribution in [0.15, 0.2) is 24.3 Å². The summed E-state index contributed by atoms with van der Waals surface area (Å²) in [6, 6.07) is 6.49. The predicted octanol–water partition coefficient (Wildman–Crippen LogP) is 5.24. The number of esters is 2. The molecule has 0 saturated heterocycles. The first-order valence-corrected chi connectivity index (χ1v) is 9.58. The average molecular weight is 369 g/mol. The van der Waals surface area contributed by atoms with Gasteiger partial charge in [0.25, 0.3) is 0 Å². The molecule has 140 valence electrons. The van der Waals surface area contributed by atoms with Gasteiger partial charge in [0.15, 0.2) is 0 Å². The number of hydrogen-bond acceptors (Lipinski definition) is 4. The molecule has 0 radical (unpaired) electrons. The summed E-state index contributed by atoms with van der Waals surface area (Å²) in [5.41, 5.74) is 0.749. The van der Waals surface area contributed by atoms with Crippen molar-refractivity contribution in [3.63, 3.8) is 0 Å². The lowest BCUT2D eigenvalue weighted by Gasteiger charge is -2.08. The number of rotatable bonds is 12. The summed E-state index contributed by atoms with van der Waals surface area (Å²) in [5, 5.41) is 0. The molecule has 0 amide bonds. The van der Waals surface area contributed by atoms with E-state index >= 15 is 0 Å². The first kappa shape index (κ1) is 21.5. The maximum atomic E-state index is 12.0. The third-order valence-electron chi connectivity index (χ3n) is 3.75. The van der Waals surface area contributed by atoms with Gasteiger partial charge < -0.3 is 9.47 Å². The first-order valence-electron chi connectivity index (χ1n) is 9.05. The SMILES string of the molecule is CC(C)CCCOC(=O)c1cccc(C(=O)OCCCCCCCl)c1. The minimum absolute atomic E-state index is 0.373. The molecule has 1 aromatic rings. The topological polar surface area (TPSA) is 52.6 Å². The summed E-state index contributed by atoms with van der Waals surface area (Å²) in [6.45, 7) is 5.04. The summed E-state index contributed by atoms with van der Waals surface area (Å²) in [5.74, 6) is 0.443. The highest BCUT2D eigenvalue weighted by atomic mass is 35.5. The van der Waals surface area contributed by atoms with Gasteiger partial charge in [-0.3, -0.25) is 0 Å². The van der Waals surface area contributed by atoms with Crippen LogP contribution >= 0.6 is 11.6 Å². The normalized spacial score (nSPS) is 10.7. The van der Waals surface area contributed by atoms with Crippen molar-refractivity contribution in [3.05, 3.63) is 35.4 Å². The quantitative estimate of drug-likeness (QED) is 0.288. The fourth-order valence-corrected chi connectivity index (χ4v) is 2.50. The van der Waals surface area contributed by atoms with Crippen LogP contribution < -0.4 is 0 Å². The van der Waals surface area contributed by atoms with E-state index in [1.54, 1.807) is 18.2 Å². The molecule has 0 unspecified atom stereocenters. The zero-order chi connectivity index (χ0) is 18.5. The first-order chi connectivity index (χ1) is 12.0. The van der Waals surface area contributed by atoms with E-state index in [-0.39, 0.29) is 0 Å². The highest BCUT2D eigenvalue weighted by molar-refractivity contribution is 6.17. The molecule has 0 aliphatic heterocycles. The molecule has 1 aromatic carbocycles. The van der Waals surface area contributed by atoms with E-state index in [2.05, 4.69) is 13.8 Å². The number of carbonyl (C=O) groups excluding carboxylic acids is 2. The van der Waals surface area contributed by atoms with Crippen molar-refractivity contribution in [2.45, 2.75) is 52.4 Å². The van der Waals surface area contributed by atoms with Gasteiger partial charge in [-0.2, -0.15) is 0 Å². The molecule has 0 spiro atoms. The van der Waals surface area contributed by atoms with Crippen molar-refractivity contribution in [2.24, 2.45) is 5.92 Å². The molecule has 0 aliphatic rings. The van der Waals surface area contributed by atoms with Crippen molar-refractivity contribution in [2.75, 3.05) is 19.1 Å². The van der Waals surface area contributed by atoms with Gasteiger partial charge in [0, 0.05) is 5.88 Å². The monoisotopic (exact) mass is 368 g/mol. The Morgan fingerprint density at radius 2 is 1.48 bits per heavy atom. The van der Waals surface area contributed by atoms with Crippen molar-refractivity contribution in [3.8, 4) is 0 Å². The van der Waals surface area contributed by atoms with Gasteiger partial charge in [-0.15, -0.1) is 11.6 Å². The molecule has 0 atom stereocenters. The van der Waals surface area contributed by atoms with E-state index in [1.165, 1.54) is 6.07 Å². The molecular weight excluding hydrogens is 340 g/mol. The van der Waals surface area contributed by atoms with E-state index in [1.807, 2.05) is 0 Å². The van der Waals surface area contributed by atoms with E-state index in [4.69, 9.17) is 21.1 Å². The minimum Gasteiger partial charge on any atom is -0.462 e. The Labute approximate surface area is 155 Å². The lowest BCUT2D eigenvalue weighted by Crippen LogP contribution is -2.10. The molecule has 0 saturated carbocycles. The third kappa shape index (κ3) is 9.49. The molecule has 25 heavy (non-hydrogen) atoms. The van der Waals surface area contributed by atoms with Crippen molar-refractivity contribution in [1.29, 1.82) is 0 Å². The van der Waals surface area contributed by atoms with Gasteiger partial charge in [-0.1, -0.05) is 32.8 Å². The largest absolute Gasteiger partial charge is 0.462 e. The maximum Gasteiger partial charge on any atom is 0.338 e. The number of hydrogen-bond donors (Lipinski definition) is 0. The minimum atomic E-state index is -0.410. The van der Waals surface area contributed by atoms with Crippen LogP contribution in [0, 0.1) is 5.92 Å². The van der Waals surface area contributed by atoms with Crippen molar-refractivity contribution in [1.82, 2.24) is 0 Å². The lowest BCUT2D eigenvalue weighted by atomic mass is 10.1. The van der Waals surface area contributed by atoms with Crippen LogP contribution in [-0.2, 0) is 9.47 Å². The van der Waals surface area contributed by atoms with Crippen LogP contribution in [0.2, 0.25) is 0 Å². The Bertz CT molecular complexity index is 528. The van der Waals surface area contributed by atoms with Gasteiger partial charge in [0.05, 0.1) is 24.3 Å². The Hall–Kier alpha value is -1.55. The number of benzene rings is 1. The summed E-state index contributed by atoms with van der Waals surface area (Å²) in [7, 11) is 0. The third-order valence-corrected chi connectivity index (χ3v) is 4.02. The number of halogens is 1. The number of unbranched alkanes of at least 4 members (excludes halogenated alkanes) is 3. The second-order valence-electron chi connectivity index (χ2n) is 6.49. The fourth-order valence-electron chi connectivity index (χ4n) is 2.31. The molecule has 0 bridgehead atoms. The summed E-state index contributed by atoms with van der Waals surface area (Å²) < 4.78 is 10.5. The lowest BCUT2D eigenvalue weighted by molar-refractivity contribution is 0.0494. The molecular formula is C20H29ClO4. The van der Waals surface area contributed by atoms with E-state index in [0.29, 0.717) is 36.1 Å². The van der Waals surface area contributed by atoms with Gasteiger partial charge in [0.1, 0.15) is 0 Å². The second-order valence-corrected chi connectivity index (χ2v) is 6.87. The molecule has 1 rings (SSSR count). The maximum absolute atomic E-state index is 12.0. The van der Waals surface area contributed by atoms with Crippen LogP contribution in [0.25, 0.3) is 0 Å². The average Bonchev–Trinajstić information content (AvgIpc) is 2.61. The van der Waals surface area contributed by atoms with E-state index < -0.39 is 11.9 Å². The highest BCUT2D eigenvalue weighted by Gasteiger charge is 2.12. The van der Waals surface area contributed by atoms with Crippen LogP contribution in [0.5, 0.6) is 0 Å². The summed E-state index contributed by atoms with van der Waals surface area (Å²) in [6.07, 6.45) is 5.69. The second kappa shape index (κ2) is 12.8. The van der Waals surface area contributed by atoms with E-state index in [9.17, 15) is 9.59 Å². The predicted molar refractivity (Wildman–Crippen MR) is 100 cm³/mol. The molecule has 0 aromatic heterocycles. The van der Waals surface area contributed by atoms with Crippen molar-refractivity contribution >= 4 is 23.5 Å². The van der Waals surface area contributed by atoms with Gasteiger partial charge >= 0.3 is 11.9 Å². The molecule has 0 N–H and O–H groups in total. The Morgan fingerprint density at radius 3 is 2.04 bits per heavy atom. The number of ether oxygens (including phenoxy) is 2. The number of alkyl halides is 1. The highest BCUT2D eigenvalue weighted by Crippen LogP contribution is 2.10. The van der Waals surface area contributed by atoms with Gasteiger partial charge in [-0.05, 0) is 49.8 Å². The zero-order valence-corrected chi connectivity index (χ0v) is 16.0. The number of carbonyl (C=O) groups is 2. The van der Waals surface area contributed by atoms with Crippen LogP contribution in [-0.4, -0.2) is 31.0 Å². The van der Waals surface area contributed by atoms with Gasteiger partial charge in [-0.25, -0.2) is 9.59 Å². The Kier molecular flexibility index (Phi) is 11.0. The zero-order valence-electron chi connectivity index (χ0n) is 15.3. The summed E-state index contributed by atoms with van der Waals surface area (Å²) >= 11 is 5.62. The molecule has 0 heterocycles. The molecule has 5 heteroatoms. The standard InChI is InChI=1S/C20H29ClO4/c1-16(2)9-8-14-25-20(23)18-11-7-10-17(15-18)19(22)24-13-6-4-3-5-12-21/h7,10-11,15-16H,3-6,8-9,12-14H2,1-2H3. The Balaban J connectivity index is 2.39. The fraction of sp³-hybridized carbons (Fsp3) is 0.600. The Morgan fingerprint density at radius 1 is 0.920 bits per heavy atom. The molecule has 0 aliphatic carbocycles. The van der Waals surface area contributed by atoms with Crippen LogP contribution in [0.3, 0.4) is 0 Å². The van der Waals surface area contributed by atoms with Crippen LogP contribution in [0.1, 0.15) is 73.1 Å². The van der Waals surface area contributed by atoms with Crippen molar-refractivity contribution < 1.29 is 19.1 Å².